The van der Waals surface area contributed by atoms with E-state index in [0.29, 0.717) is 19.5 Å². The maximum absolute atomic E-state index is 12.3. The lowest BCUT2D eigenvalue weighted by Crippen LogP contribution is -2.38. The van der Waals surface area contributed by atoms with E-state index in [2.05, 4.69) is 20.1 Å². The van der Waals surface area contributed by atoms with E-state index in [1.165, 1.54) is 38.5 Å². The van der Waals surface area contributed by atoms with Gasteiger partial charge in [-0.15, -0.1) is 35.0 Å². The van der Waals surface area contributed by atoms with Crippen LogP contribution >= 0.6 is 24.8 Å². The number of hydrogen-bond acceptors (Lipinski definition) is 4. The van der Waals surface area contributed by atoms with Gasteiger partial charge in [0.1, 0.15) is 11.6 Å². The summed E-state index contributed by atoms with van der Waals surface area (Å²) in [7, 11) is 0. The van der Waals surface area contributed by atoms with Gasteiger partial charge in [-0.3, -0.25) is 4.79 Å². The predicted octanol–water partition coefficient (Wildman–Crippen LogP) is 3.20. The number of fused-ring (bicyclic) bond motifs is 1. The lowest BCUT2D eigenvalue weighted by Gasteiger charge is -2.35. The Morgan fingerprint density at radius 2 is 1.81 bits per heavy atom. The lowest BCUT2D eigenvalue weighted by molar-refractivity contribution is -0.123. The highest BCUT2D eigenvalue weighted by Crippen LogP contribution is 2.38. The fraction of sp³-hybridized carbons (Fsp3) is 0.842. The van der Waals surface area contributed by atoms with Crippen LogP contribution in [0.3, 0.4) is 0 Å². The summed E-state index contributed by atoms with van der Waals surface area (Å²) in [5, 5.41) is 11.8. The van der Waals surface area contributed by atoms with Crippen LogP contribution in [-0.4, -0.2) is 33.8 Å². The molecule has 6 nitrogen and oxygen atoms in total. The van der Waals surface area contributed by atoms with Crippen molar-refractivity contribution in [2.45, 2.75) is 83.6 Å². The van der Waals surface area contributed by atoms with Crippen LogP contribution in [0.2, 0.25) is 0 Å². The molecule has 8 heteroatoms. The molecule has 0 atom stereocenters. The number of aryl methyl sites for hydroxylation is 2. The minimum absolute atomic E-state index is 0. The molecule has 0 saturated heterocycles. The van der Waals surface area contributed by atoms with Crippen LogP contribution < -0.4 is 11.1 Å². The number of halogens is 2. The van der Waals surface area contributed by atoms with Gasteiger partial charge < -0.3 is 15.6 Å². The first kappa shape index (κ1) is 24.2. The molecule has 0 unspecified atom stereocenters. The number of hydrogen-bond donors (Lipinski definition) is 2. The molecule has 1 saturated carbocycles. The number of nitrogens with two attached hydrogens (primary N) is 1. The Labute approximate surface area is 175 Å². The maximum Gasteiger partial charge on any atom is 0.220 e. The average molecular weight is 420 g/mol. The van der Waals surface area contributed by atoms with Crippen molar-refractivity contribution >= 4 is 30.7 Å². The Morgan fingerprint density at radius 3 is 2.56 bits per heavy atom. The van der Waals surface area contributed by atoms with Crippen molar-refractivity contribution in [1.29, 1.82) is 0 Å². The molecule has 0 spiro atoms. The highest BCUT2D eigenvalue weighted by atomic mass is 35.5. The molecule has 1 fully saturated rings. The fourth-order valence-corrected chi connectivity index (χ4v) is 4.36. The van der Waals surface area contributed by atoms with E-state index in [4.69, 9.17) is 5.73 Å². The zero-order valence-electron chi connectivity index (χ0n) is 16.3. The standard InChI is InChI=1S/C19H33N5O.2ClH/c20-15-19(10-4-2-5-11-19)14-18(25)21-12-7-9-17-23-22-16-8-3-1-6-13-24(16)17;;/h1-15,20H2,(H,21,25);2*1H. The number of carbonyl (C=O) groups is 1. The molecule has 1 aliphatic heterocycles. The van der Waals surface area contributed by atoms with Gasteiger partial charge in [0, 0.05) is 32.4 Å². The lowest BCUT2D eigenvalue weighted by atomic mass is 9.71. The summed E-state index contributed by atoms with van der Waals surface area (Å²) in [6.07, 6.45) is 13.1. The van der Waals surface area contributed by atoms with Crippen molar-refractivity contribution in [2.24, 2.45) is 11.1 Å². The van der Waals surface area contributed by atoms with Crippen LogP contribution in [0.25, 0.3) is 0 Å². The SMILES string of the molecule is Cl.Cl.NCC1(CC(=O)NCCCc2nnc3n2CCCCC3)CCCCC1. The summed E-state index contributed by atoms with van der Waals surface area (Å²) >= 11 is 0. The molecule has 1 aromatic rings. The molecule has 3 N–H and O–H groups in total. The summed E-state index contributed by atoms with van der Waals surface area (Å²) in [5.74, 6) is 2.38. The number of nitrogens with zero attached hydrogens (tertiary/aromatic N) is 3. The second-order valence-corrected chi connectivity index (χ2v) is 7.89. The molecule has 27 heavy (non-hydrogen) atoms. The van der Waals surface area contributed by atoms with E-state index >= 15 is 0 Å². The summed E-state index contributed by atoms with van der Waals surface area (Å²) in [6.45, 7) is 2.39. The monoisotopic (exact) mass is 419 g/mol. The van der Waals surface area contributed by atoms with Crippen molar-refractivity contribution in [1.82, 2.24) is 20.1 Å². The molecule has 156 valence electrons. The Kier molecular flexibility index (Phi) is 10.6. The minimum Gasteiger partial charge on any atom is -0.356 e. The fourth-order valence-electron chi connectivity index (χ4n) is 4.36. The van der Waals surface area contributed by atoms with Gasteiger partial charge >= 0.3 is 0 Å². The third-order valence-electron chi connectivity index (χ3n) is 5.97. The minimum atomic E-state index is 0. The zero-order chi connectivity index (χ0) is 17.5. The quantitative estimate of drug-likeness (QED) is 0.664. The van der Waals surface area contributed by atoms with Crippen molar-refractivity contribution in [2.75, 3.05) is 13.1 Å². The number of nitrogens with one attached hydrogen (secondary N) is 1. The number of rotatable bonds is 7. The van der Waals surface area contributed by atoms with Crippen LogP contribution in [0.4, 0.5) is 0 Å². The Balaban J connectivity index is 0.00000182. The molecule has 0 radical (unpaired) electrons. The van der Waals surface area contributed by atoms with Crippen molar-refractivity contribution in [3.63, 3.8) is 0 Å². The second-order valence-electron chi connectivity index (χ2n) is 7.89. The first-order chi connectivity index (χ1) is 12.2. The first-order valence-electron chi connectivity index (χ1n) is 10.1. The number of aromatic nitrogens is 3. The van der Waals surface area contributed by atoms with Gasteiger partial charge in [0.25, 0.3) is 0 Å². The van der Waals surface area contributed by atoms with Crippen molar-refractivity contribution in [3.05, 3.63) is 11.6 Å². The molecule has 3 rings (SSSR count). The van der Waals surface area contributed by atoms with Gasteiger partial charge in [0.15, 0.2) is 0 Å². The van der Waals surface area contributed by atoms with Crippen LogP contribution in [0.5, 0.6) is 0 Å². The Hall–Kier alpha value is -0.850. The van der Waals surface area contributed by atoms with Crippen molar-refractivity contribution < 1.29 is 4.79 Å². The second kappa shape index (κ2) is 11.9. The van der Waals surface area contributed by atoms with Gasteiger partial charge in [-0.1, -0.05) is 25.7 Å². The first-order valence-corrected chi connectivity index (χ1v) is 10.1. The Morgan fingerprint density at radius 1 is 1.07 bits per heavy atom. The van der Waals surface area contributed by atoms with Crippen LogP contribution in [-0.2, 0) is 24.2 Å². The van der Waals surface area contributed by atoms with E-state index in [-0.39, 0.29) is 36.1 Å². The van der Waals surface area contributed by atoms with Crippen LogP contribution in [0.1, 0.15) is 75.9 Å². The summed E-state index contributed by atoms with van der Waals surface area (Å²) in [5.41, 5.74) is 6.03. The molecule has 1 aromatic heterocycles. The molecule has 1 amide bonds. The van der Waals surface area contributed by atoms with Gasteiger partial charge in [-0.2, -0.15) is 0 Å². The normalized spacial score (nSPS) is 18.4. The van der Waals surface area contributed by atoms with E-state index in [0.717, 1.165) is 50.3 Å². The van der Waals surface area contributed by atoms with E-state index in [1.807, 2.05) is 0 Å². The summed E-state index contributed by atoms with van der Waals surface area (Å²) in [4.78, 5) is 12.3. The molecular weight excluding hydrogens is 385 g/mol. The van der Waals surface area contributed by atoms with Gasteiger partial charge in [-0.05, 0) is 44.1 Å². The summed E-state index contributed by atoms with van der Waals surface area (Å²) in [6, 6.07) is 0. The highest BCUT2D eigenvalue weighted by molar-refractivity contribution is 5.85. The molecule has 2 heterocycles. The largest absolute Gasteiger partial charge is 0.356 e. The topological polar surface area (TPSA) is 85.8 Å². The molecular formula is C19H35Cl2N5O. The van der Waals surface area contributed by atoms with Crippen LogP contribution in [0.15, 0.2) is 0 Å². The van der Waals surface area contributed by atoms with Gasteiger partial charge in [-0.25, -0.2) is 0 Å². The predicted molar refractivity (Wildman–Crippen MR) is 113 cm³/mol. The zero-order valence-corrected chi connectivity index (χ0v) is 17.9. The highest BCUT2D eigenvalue weighted by Gasteiger charge is 2.32. The van der Waals surface area contributed by atoms with Crippen LogP contribution in [0, 0.1) is 5.41 Å². The van der Waals surface area contributed by atoms with E-state index in [1.54, 1.807) is 0 Å². The third-order valence-corrected chi connectivity index (χ3v) is 5.97. The maximum atomic E-state index is 12.3. The molecule has 0 aromatic carbocycles. The number of amides is 1. The molecule has 1 aliphatic carbocycles. The smallest absolute Gasteiger partial charge is 0.220 e. The number of carbonyl (C=O) groups excluding carboxylic acids is 1. The summed E-state index contributed by atoms with van der Waals surface area (Å²) < 4.78 is 2.29. The Bertz CT molecular complexity index is 572. The van der Waals surface area contributed by atoms with Crippen molar-refractivity contribution in [3.8, 4) is 0 Å². The van der Waals surface area contributed by atoms with E-state index in [9.17, 15) is 4.79 Å². The third kappa shape index (κ3) is 6.61. The molecule has 0 bridgehead atoms. The molecule has 2 aliphatic rings. The van der Waals surface area contributed by atoms with E-state index < -0.39 is 0 Å². The van der Waals surface area contributed by atoms with Gasteiger partial charge in [0.05, 0.1) is 0 Å². The average Bonchev–Trinajstić information content (AvgIpc) is 2.86. The van der Waals surface area contributed by atoms with Gasteiger partial charge in [0.2, 0.25) is 5.91 Å².